The smallest absolute Gasteiger partial charge is 0.408 e. The Labute approximate surface area is 185 Å². The summed E-state index contributed by atoms with van der Waals surface area (Å²) >= 11 is 5.98. The number of ether oxygens (including phenoxy) is 3. The maximum absolute atomic E-state index is 13.2. The van der Waals surface area contributed by atoms with Crippen LogP contribution in [-0.2, 0) is 22.6 Å². The van der Waals surface area contributed by atoms with Crippen LogP contribution in [0.25, 0.3) is 0 Å². The summed E-state index contributed by atoms with van der Waals surface area (Å²) in [5.74, 6) is -0.855. The first-order valence-corrected chi connectivity index (χ1v) is 9.82. The normalized spacial score (nSPS) is 12.1. The lowest BCUT2D eigenvalue weighted by Crippen LogP contribution is -2.44. The first-order valence-electron chi connectivity index (χ1n) is 9.44. The highest BCUT2D eigenvalue weighted by Gasteiger charge is 2.24. The molecule has 31 heavy (non-hydrogen) atoms. The summed E-state index contributed by atoms with van der Waals surface area (Å²) < 4.78 is 29.3. The Kier molecular flexibility index (Phi) is 8.10. The number of carbonyl (C=O) groups excluding carboxylic acids is 1. The van der Waals surface area contributed by atoms with Crippen LogP contribution in [0.15, 0.2) is 36.4 Å². The van der Waals surface area contributed by atoms with Crippen LogP contribution in [0.2, 0.25) is 5.02 Å². The molecule has 2 aromatic rings. The molecule has 0 aromatic heterocycles. The van der Waals surface area contributed by atoms with Crippen LogP contribution >= 0.6 is 11.6 Å². The van der Waals surface area contributed by atoms with Crippen molar-refractivity contribution < 1.29 is 33.3 Å². The summed E-state index contributed by atoms with van der Waals surface area (Å²) in [6.45, 7) is 5.11. The van der Waals surface area contributed by atoms with Crippen LogP contribution < -0.4 is 14.8 Å². The fourth-order valence-electron chi connectivity index (χ4n) is 2.71. The molecular weight excluding hydrogens is 429 g/mol. The van der Waals surface area contributed by atoms with Crippen LogP contribution in [0.5, 0.6) is 11.5 Å². The molecule has 0 saturated carbocycles. The fraction of sp³-hybridized carbons (Fsp3) is 0.364. The van der Waals surface area contributed by atoms with Gasteiger partial charge in [0.05, 0.1) is 12.1 Å². The number of carbonyl (C=O) groups is 2. The van der Waals surface area contributed by atoms with E-state index in [0.717, 1.165) is 6.07 Å². The number of nitrogens with one attached hydrogen (secondary N) is 1. The quantitative estimate of drug-likeness (QED) is 0.607. The average Bonchev–Trinajstić information content (AvgIpc) is 2.65. The Morgan fingerprint density at radius 2 is 1.84 bits per heavy atom. The number of benzene rings is 2. The summed E-state index contributed by atoms with van der Waals surface area (Å²) in [6.07, 6.45) is -0.800. The minimum Gasteiger partial charge on any atom is -0.496 e. The van der Waals surface area contributed by atoms with Gasteiger partial charge in [-0.1, -0.05) is 17.7 Å². The summed E-state index contributed by atoms with van der Waals surface area (Å²) in [5.41, 5.74) is 0.509. The van der Waals surface area contributed by atoms with E-state index in [2.05, 4.69) is 5.32 Å². The number of hydrogen-bond donors (Lipinski definition) is 2. The second-order valence-corrected chi connectivity index (χ2v) is 8.16. The SMILES string of the molecule is COc1ccc(CC(NC(=O)OC(C)(C)C)C(=O)O)cc1COc1ccc(F)cc1Cl. The van der Waals surface area contributed by atoms with Crippen molar-refractivity contribution in [3.05, 3.63) is 58.4 Å². The molecule has 2 aromatic carbocycles. The summed E-state index contributed by atoms with van der Waals surface area (Å²) in [6, 6.07) is 7.68. The van der Waals surface area contributed by atoms with E-state index >= 15 is 0 Å². The van der Waals surface area contributed by atoms with E-state index in [0.29, 0.717) is 22.6 Å². The minimum absolute atomic E-state index is 0.0167. The van der Waals surface area contributed by atoms with Gasteiger partial charge < -0.3 is 24.6 Å². The lowest BCUT2D eigenvalue weighted by atomic mass is 10.0. The van der Waals surface area contributed by atoms with Crippen molar-refractivity contribution in [3.63, 3.8) is 0 Å². The molecule has 0 aliphatic rings. The molecule has 0 bridgehead atoms. The summed E-state index contributed by atoms with van der Waals surface area (Å²) in [5, 5.41) is 12.0. The van der Waals surface area contributed by atoms with E-state index in [1.165, 1.54) is 19.2 Å². The molecule has 2 N–H and O–H groups in total. The van der Waals surface area contributed by atoms with Gasteiger partial charge in [0.25, 0.3) is 0 Å². The van der Waals surface area contributed by atoms with Crippen LogP contribution in [0.4, 0.5) is 9.18 Å². The number of halogens is 2. The topological polar surface area (TPSA) is 94.1 Å². The molecule has 0 aliphatic heterocycles. The largest absolute Gasteiger partial charge is 0.496 e. The molecular formula is C22H25ClFNO6. The zero-order valence-corrected chi connectivity index (χ0v) is 18.5. The summed E-state index contributed by atoms with van der Waals surface area (Å²) in [7, 11) is 1.49. The zero-order chi connectivity index (χ0) is 23.2. The van der Waals surface area contributed by atoms with Crippen molar-refractivity contribution in [2.45, 2.75) is 45.4 Å². The minimum atomic E-state index is -1.20. The van der Waals surface area contributed by atoms with E-state index in [1.807, 2.05) is 0 Å². The highest BCUT2D eigenvalue weighted by Crippen LogP contribution is 2.28. The van der Waals surface area contributed by atoms with Gasteiger partial charge in [-0.25, -0.2) is 14.0 Å². The molecule has 0 aliphatic carbocycles. The molecule has 1 amide bonds. The van der Waals surface area contributed by atoms with Crippen molar-refractivity contribution in [1.29, 1.82) is 0 Å². The van der Waals surface area contributed by atoms with Gasteiger partial charge in [0.1, 0.15) is 35.6 Å². The number of aliphatic carboxylic acids is 1. The third-order valence-electron chi connectivity index (χ3n) is 4.05. The maximum atomic E-state index is 13.2. The Bertz CT molecular complexity index is 944. The van der Waals surface area contributed by atoms with Crippen LogP contribution in [0.3, 0.4) is 0 Å². The third kappa shape index (κ3) is 7.64. The van der Waals surface area contributed by atoms with Gasteiger partial charge in [-0.15, -0.1) is 0 Å². The van der Waals surface area contributed by atoms with Crippen LogP contribution in [-0.4, -0.2) is 35.9 Å². The molecule has 0 heterocycles. The molecule has 2 rings (SSSR count). The molecule has 1 atom stereocenters. The predicted octanol–water partition coefficient (Wildman–Crippen LogP) is 4.59. The predicted molar refractivity (Wildman–Crippen MR) is 113 cm³/mol. The monoisotopic (exact) mass is 453 g/mol. The van der Waals surface area contributed by atoms with Gasteiger partial charge in [-0.05, 0) is 56.7 Å². The average molecular weight is 454 g/mol. The Hall–Kier alpha value is -3.00. The lowest BCUT2D eigenvalue weighted by molar-refractivity contribution is -0.139. The molecule has 0 fully saturated rings. The van der Waals surface area contributed by atoms with Crippen molar-refractivity contribution >= 4 is 23.7 Å². The van der Waals surface area contributed by atoms with E-state index in [4.69, 9.17) is 25.8 Å². The van der Waals surface area contributed by atoms with Crippen LogP contribution in [0.1, 0.15) is 31.9 Å². The maximum Gasteiger partial charge on any atom is 0.408 e. The molecule has 0 radical (unpaired) electrons. The highest BCUT2D eigenvalue weighted by atomic mass is 35.5. The molecule has 0 spiro atoms. The fourth-order valence-corrected chi connectivity index (χ4v) is 2.93. The molecule has 7 nitrogen and oxygen atoms in total. The van der Waals surface area contributed by atoms with Crippen molar-refractivity contribution in [1.82, 2.24) is 5.32 Å². The van der Waals surface area contributed by atoms with E-state index in [9.17, 15) is 19.1 Å². The highest BCUT2D eigenvalue weighted by molar-refractivity contribution is 6.32. The van der Waals surface area contributed by atoms with Gasteiger partial charge in [0.15, 0.2) is 0 Å². The van der Waals surface area contributed by atoms with Gasteiger partial charge in [-0.3, -0.25) is 0 Å². The molecule has 1 unspecified atom stereocenters. The number of methoxy groups -OCH3 is 1. The second kappa shape index (κ2) is 10.3. The number of hydrogen-bond acceptors (Lipinski definition) is 5. The zero-order valence-electron chi connectivity index (χ0n) is 17.7. The number of amides is 1. The number of carboxylic acid groups (broad SMARTS) is 1. The van der Waals surface area contributed by atoms with Crippen molar-refractivity contribution in [2.75, 3.05) is 7.11 Å². The second-order valence-electron chi connectivity index (χ2n) is 7.75. The van der Waals surface area contributed by atoms with Gasteiger partial charge in [0, 0.05) is 12.0 Å². The Balaban J connectivity index is 2.15. The number of rotatable bonds is 8. The van der Waals surface area contributed by atoms with Crippen LogP contribution in [0, 0.1) is 5.82 Å². The molecule has 0 saturated heterocycles. The van der Waals surface area contributed by atoms with Gasteiger partial charge in [-0.2, -0.15) is 0 Å². The van der Waals surface area contributed by atoms with Gasteiger partial charge >= 0.3 is 12.1 Å². The lowest BCUT2D eigenvalue weighted by Gasteiger charge is -2.22. The molecule has 168 valence electrons. The summed E-state index contributed by atoms with van der Waals surface area (Å²) in [4.78, 5) is 23.6. The van der Waals surface area contributed by atoms with Crippen molar-refractivity contribution in [3.8, 4) is 11.5 Å². The number of alkyl carbamates (subject to hydrolysis) is 1. The standard InChI is InChI=1S/C22H25ClFNO6/c1-22(2,3)31-21(28)25-17(20(26)27)10-13-5-7-18(29-4)14(9-13)12-30-19-8-6-15(24)11-16(19)23/h5-9,11,17H,10,12H2,1-4H3,(H,25,28)(H,26,27). The molecule has 9 heteroatoms. The van der Waals surface area contributed by atoms with Gasteiger partial charge in [0.2, 0.25) is 0 Å². The first-order chi connectivity index (χ1) is 14.5. The van der Waals surface area contributed by atoms with E-state index in [1.54, 1.807) is 39.0 Å². The van der Waals surface area contributed by atoms with E-state index < -0.39 is 29.5 Å². The number of carboxylic acids is 1. The Morgan fingerprint density at radius 3 is 2.42 bits per heavy atom. The van der Waals surface area contributed by atoms with E-state index in [-0.39, 0.29) is 18.1 Å². The third-order valence-corrected chi connectivity index (χ3v) is 4.35. The first kappa shape index (κ1) is 24.3. The Morgan fingerprint density at radius 1 is 1.16 bits per heavy atom. The van der Waals surface area contributed by atoms with Crippen molar-refractivity contribution in [2.24, 2.45) is 0 Å².